The van der Waals surface area contributed by atoms with Crippen molar-refractivity contribution in [2.24, 2.45) is 0 Å². The van der Waals surface area contributed by atoms with Gasteiger partial charge in [-0.2, -0.15) is 0 Å². The van der Waals surface area contributed by atoms with Gasteiger partial charge in [0.1, 0.15) is 0 Å². The van der Waals surface area contributed by atoms with Crippen molar-refractivity contribution >= 4 is 23.5 Å². The van der Waals surface area contributed by atoms with Gasteiger partial charge in [0, 0.05) is 11.9 Å². The van der Waals surface area contributed by atoms with Crippen LogP contribution in [0.3, 0.4) is 0 Å². The molecule has 0 fully saturated rings. The fourth-order valence-corrected chi connectivity index (χ4v) is 2.58. The van der Waals surface area contributed by atoms with Gasteiger partial charge in [-0.1, -0.05) is 30.3 Å². The van der Waals surface area contributed by atoms with E-state index in [-0.39, 0.29) is 11.2 Å². The first-order valence-corrected chi connectivity index (χ1v) is 7.71. The minimum atomic E-state index is -0.170. The zero-order chi connectivity index (χ0) is 15.1. The number of amides is 1. The number of hydrogen-bond acceptors (Lipinski definition) is 4. The standard InChI is InChI=1S/C16H18N2O2S/c1-12(21-11-13-7-4-3-5-8-13)16(19)18-15-14(20-2)9-6-10-17-15/h3-10,12H,11H2,1-2H3,(H,17,18,19). The molecule has 0 aliphatic heterocycles. The number of pyridine rings is 1. The summed E-state index contributed by atoms with van der Waals surface area (Å²) in [4.78, 5) is 16.3. The van der Waals surface area contributed by atoms with Gasteiger partial charge in [-0.05, 0) is 24.6 Å². The Morgan fingerprint density at radius 1 is 1.29 bits per heavy atom. The predicted octanol–water partition coefficient (Wildman–Crippen LogP) is 3.35. The molecule has 0 saturated carbocycles. The second-order valence-corrected chi connectivity index (χ2v) is 5.81. The van der Waals surface area contributed by atoms with Crippen LogP contribution in [-0.4, -0.2) is 23.3 Å². The average Bonchev–Trinajstić information content (AvgIpc) is 2.54. The summed E-state index contributed by atoms with van der Waals surface area (Å²) in [6, 6.07) is 13.6. The number of thioether (sulfide) groups is 1. The number of aromatic nitrogens is 1. The van der Waals surface area contributed by atoms with E-state index < -0.39 is 0 Å². The van der Waals surface area contributed by atoms with Crippen LogP contribution in [0.5, 0.6) is 5.75 Å². The minimum absolute atomic E-state index is 0.0760. The number of hydrogen-bond donors (Lipinski definition) is 1. The molecule has 2 aromatic rings. The van der Waals surface area contributed by atoms with Crippen LogP contribution in [0.25, 0.3) is 0 Å². The smallest absolute Gasteiger partial charge is 0.238 e. The molecule has 5 heteroatoms. The number of methoxy groups -OCH3 is 1. The highest BCUT2D eigenvalue weighted by Crippen LogP contribution is 2.23. The molecule has 110 valence electrons. The zero-order valence-corrected chi connectivity index (χ0v) is 12.9. The summed E-state index contributed by atoms with van der Waals surface area (Å²) in [7, 11) is 1.56. The third kappa shape index (κ3) is 4.49. The van der Waals surface area contributed by atoms with Gasteiger partial charge in [0.2, 0.25) is 5.91 Å². The number of rotatable bonds is 6. The largest absolute Gasteiger partial charge is 0.493 e. The van der Waals surface area contributed by atoms with Crippen LogP contribution in [-0.2, 0) is 10.5 Å². The van der Waals surface area contributed by atoms with Crippen LogP contribution in [0.2, 0.25) is 0 Å². The van der Waals surface area contributed by atoms with Gasteiger partial charge in [0.25, 0.3) is 0 Å². The summed E-state index contributed by atoms with van der Waals surface area (Å²) in [5.41, 5.74) is 1.21. The lowest BCUT2D eigenvalue weighted by Gasteiger charge is -2.13. The zero-order valence-electron chi connectivity index (χ0n) is 12.1. The summed E-state index contributed by atoms with van der Waals surface area (Å²) >= 11 is 1.59. The quantitative estimate of drug-likeness (QED) is 0.889. The van der Waals surface area contributed by atoms with E-state index in [2.05, 4.69) is 22.4 Å². The molecule has 1 atom stereocenters. The van der Waals surface area contributed by atoms with Gasteiger partial charge < -0.3 is 10.1 Å². The second-order valence-electron chi connectivity index (χ2n) is 4.48. The third-order valence-electron chi connectivity index (χ3n) is 2.94. The molecule has 0 bridgehead atoms. The van der Waals surface area contributed by atoms with Gasteiger partial charge >= 0.3 is 0 Å². The second kappa shape index (κ2) is 7.69. The molecule has 1 amide bonds. The predicted molar refractivity (Wildman–Crippen MR) is 86.6 cm³/mol. The molecule has 1 unspecified atom stereocenters. The first kappa shape index (κ1) is 15.4. The van der Waals surface area contributed by atoms with E-state index in [0.717, 1.165) is 5.75 Å². The average molecular weight is 302 g/mol. The lowest BCUT2D eigenvalue weighted by Crippen LogP contribution is -2.23. The number of ether oxygens (including phenoxy) is 1. The van der Waals surface area contributed by atoms with E-state index >= 15 is 0 Å². The monoisotopic (exact) mass is 302 g/mol. The highest BCUT2D eigenvalue weighted by Gasteiger charge is 2.16. The highest BCUT2D eigenvalue weighted by molar-refractivity contribution is 7.99. The highest BCUT2D eigenvalue weighted by atomic mass is 32.2. The van der Waals surface area contributed by atoms with Crippen molar-refractivity contribution < 1.29 is 9.53 Å². The Labute approximate surface area is 128 Å². The maximum Gasteiger partial charge on any atom is 0.238 e. The van der Waals surface area contributed by atoms with Crippen LogP contribution < -0.4 is 10.1 Å². The molecule has 1 heterocycles. The minimum Gasteiger partial charge on any atom is -0.493 e. The third-order valence-corrected chi connectivity index (χ3v) is 4.16. The van der Waals surface area contributed by atoms with Gasteiger partial charge in [-0.3, -0.25) is 4.79 Å². The summed E-state index contributed by atoms with van der Waals surface area (Å²) < 4.78 is 5.17. The van der Waals surface area contributed by atoms with Crippen molar-refractivity contribution in [3.05, 3.63) is 54.2 Å². The van der Waals surface area contributed by atoms with E-state index in [9.17, 15) is 4.79 Å². The van der Waals surface area contributed by atoms with Crippen LogP contribution in [0, 0.1) is 0 Å². The SMILES string of the molecule is COc1cccnc1NC(=O)C(C)SCc1ccccc1. The van der Waals surface area contributed by atoms with Crippen molar-refractivity contribution in [1.29, 1.82) is 0 Å². The summed E-state index contributed by atoms with van der Waals surface area (Å²) in [5.74, 6) is 1.74. The number of nitrogens with zero attached hydrogens (tertiary/aromatic N) is 1. The van der Waals surface area contributed by atoms with Crippen molar-refractivity contribution in [3.63, 3.8) is 0 Å². The molecule has 21 heavy (non-hydrogen) atoms. The van der Waals surface area contributed by atoms with Gasteiger partial charge in [-0.25, -0.2) is 4.98 Å². The molecule has 1 aromatic heterocycles. The Morgan fingerprint density at radius 2 is 2.05 bits per heavy atom. The van der Waals surface area contributed by atoms with Crippen molar-refractivity contribution in [2.75, 3.05) is 12.4 Å². The number of anilines is 1. The Kier molecular flexibility index (Phi) is 5.63. The van der Waals surface area contributed by atoms with Crippen LogP contribution in [0.15, 0.2) is 48.7 Å². The maximum atomic E-state index is 12.2. The molecule has 0 spiro atoms. The van der Waals surface area contributed by atoms with Crippen LogP contribution in [0.1, 0.15) is 12.5 Å². The lowest BCUT2D eigenvalue weighted by molar-refractivity contribution is -0.115. The molecule has 0 aliphatic carbocycles. The van der Waals surface area contributed by atoms with E-state index in [1.165, 1.54) is 5.56 Å². The first-order valence-electron chi connectivity index (χ1n) is 6.66. The topological polar surface area (TPSA) is 51.2 Å². The number of nitrogens with one attached hydrogen (secondary N) is 1. The number of carbonyl (C=O) groups is 1. The fraction of sp³-hybridized carbons (Fsp3) is 0.250. The van der Waals surface area contributed by atoms with Gasteiger partial charge in [-0.15, -0.1) is 11.8 Å². The molecular formula is C16H18N2O2S. The Bertz CT molecular complexity index is 590. The lowest BCUT2D eigenvalue weighted by atomic mass is 10.2. The van der Waals surface area contributed by atoms with Crippen molar-refractivity contribution in [3.8, 4) is 5.75 Å². The molecule has 0 radical (unpaired) electrons. The van der Waals surface area contributed by atoms with E-state index in [0.29, 0.717) is 11.6 Å². The van der Waals surface area contributed by atoms with E-state index in [1.807, 2.05) is 25.1 Å². The molecule has 0 aliphatic rings. The molecule has 4 nitrogen and oxygen atoms in total. The van der Waals surface area contributed by atoms with Crippen molar-refractivity contribution in [1.82, 2.24) is 4.98 Å². The molecule has 1 N–H and O–H groups in total. The molecular weight excluding hydrogens is 284 g/mol. The molecule has 2 rings (SSSR count). The Morgan fingerprint density at radius 3 is 2.76 bits per heavy atom. The Balaban J connectivity index is 1.90. The maximum absolute atomic E-state index is 12.2. The van der Waals surface area contributed by atoms with E-state index in [4.69, 9.17) is 4.74 Å². The van der Waals surface area contributed by atoms with Gasteiger partial charge in [0.05, 0.1) is 12.4 Å². The van der Waals surface area contributed by atoms with Gasteiger partial charge in [0.15, 0.2) is 11.6 Å². The Hall–Kier alpha value is -2.01. The number of benzene rings is 1. The first-order chi connectivity index (χ1) is 10.2. The van der Waals surface area contributed by atoms with Crippen LogP contribution >= 0.6 is 11.8 Å². The normalized spacial score (nSPS) is 11.7. The summed E-state index contributed by atoms with van der Waals surface area (Å²) in [6.45, 7) is 1.89. The van der Waals surface area contributed by atoms with Crippen LogP contribution in [0.4, 0.5) is 5.82 Å². The summed E-state index contributed by atoms with van der Waals surface area (Å²) in [6.07, 6.45) is 1.62. The molecule has 0 saturated heterocycles. The van der Waals surface area contributed by atoms with E-state index in [1.54, 1.807) is 37.2 Å². The fourth-order valence-electron chi connectivity index (χ4n) is 1.74. The number of carbonyl (C=O) groups excluding carboxylic acids is 1. The van der Waals surface area contributed by atoms with Crippen molar-refractivity contribution in [2.45, 2.75) is 17.9 Å². The molecule has 1 aromatic carbocycles. The summed E-state index contributed by atoms with van der Waals surface area (Å²) in [5, 5.41) is 2.63.